The number of aromatic nitrogens is 2. The second-order valence-electron chi connectivity index (χ2n) is 7.57. The normalized spacial score (nSPS) is 15.4. The van der Waals surface area contributed by atoms with Gasteiger partial charge in [-0.1, -0.05) is 44.4 Å². The molecule has 30 heavy (non-hydrogen) atoms. The lowest BCUT2D eigenvalue weighted by atomic mass is 9.95. The molecule has 1 heterocycles. The molecular weight excluding hydrogens is 400 g/mol. The number of imidazole rings is 1. The van der Waals surface area contributed by atoms with Crippen molar-refractivity contribution in [3.8, 4) is 0 Å². The largest absolute Gasteiger partial charge is 0.307 e. The maximum atomic E-state index is 13.0. The SMILES string of the molecule is CCNS(=O)(=O)c1cccc(C(=O)Nc2nc3ccccc3n2C2CCCCC2)c1. The fourth-order valence-corrected chi connectivity index (χ4v) is 5.18. The molecular formula is C22H26N4O3S. The van der Waals surface area contributed by atoms with Crippen LogP contribution in [0.2, 0.25) is 0 Å². The zero-order valence-electron chi connectivity index (χ0n) is 17.0. The Bertz CT molecular complexity index is 1160. The molecule has 2 aromatic carbocycles. The Hall–Kier alpha value is -2.71. The molecule has 158 valence electrons. The maximum absolute atomic E-state index is 13.0. The van der Waals surface area contributed by atoms with Crippen LogP contribution in [0.25, 0.3) is 11.0 Å². The summed E-state index contributed by atoms with van der Waals surface area (Å²) in [7, 11) is -3.64. The molecule has 0 radical (unpaired) electrons. The summed E-state index contributed by atoms with van der Waals surface area (Å²) in [5.74, 6) is 0.129. The number of hydrogen-bond donors (Lipinski definition) is 2. The van der Waals surface area contributed by atoms with Crippen molar-refractivity contribution in [2.45, 2.75) is 50.0 Å². The number of rotatable bonds is 6. The van der Waals surface area contributed by atoms with Gasteiger partial charge < -0.3 is 4.57 Å². The molecule has 1 aliphatic rings. The number of fused-ring (bicyclic) bond motifs is 1. The summed E-state index contributed by atoms with van der Waals surface area (Å²) in [6.45, 7) is 1.99. The zero-order valence-corrected chi connectivity index (χ0v) is 17.8. The molecule has 0 bridgehead atoms. The quantitative estimate of drug-likeness (QED) is 0.621. The predicted molar refractivity (Wildman–Crippen MR) is 117 cm³/mol. The molecule has 1 saturated carbocycles. The van der Waals surface area contributed by atoms with Crippen LogP contribution in [0.15, 0.2) is 53.4 Å². The summed E-state index contributed by atoms with van der Waals surface area (Å²) in [6, 6.07) is 14.2. The van der Waals surface area contributed by atoms with E-state index in [9.17, 15) is 13.2 Å². The van der Waals surface area contributed by atoms with E-state index in [-0.39, 0.29) is 22.9 Å². The second-order valence-corrected chi connectivity index (χ2v) is 9.34. The summed E-state index contributed by atoms with van der Waals surface area (Å²) in [6.07, 6.45) is 5.67. The van der Waals surface area contributed by atoms with Crippen molar-refractivity contribution in [3.05, 3.63) is 54.1 Å². The molecule has 1 aliphatic carbocycles. The number of benzene rings is 2. The third-order valence-corrected chi connectivity index (χ3v) is 7.05. The van der Waals surface area contributed by atoms with Gasteiger partial charge in [-0.15, -0.1) is 0 Å². The number of sulfonamides is 1. The molecule has 7 nitrogen and oxygen atoms in total. The van der Waals surface area contributed by atoms with Crippen molar-refractivity contribution < 1.29 is 13.2 Å². The smallest absolute Gasteiger partial charge is 0.258 e. The van der Waals surface area contributed by atoms with Crippen LogP contribution in [0.1, 0.15) is 55.4 Å². The molecule has 2 N–H and O–H groups in total. The van der Waals surface area contributed by atoms with Crippen LogP contribution in [0.4, 0.5) is 5.95 Å². The van der Waals surface area contributed by atoms with E-state index in [0.29, 0.717) is 12.0 Å². The van der Waals surface area contributed by atoms with Crippen LogP contribution in [0.5, 0.6) is 0 Å². The van der Waals surface area contributed by atoms with Crippen molar-refractivity contribution in [1.82, 2.24) is 14.3 Å². The average molecular weight is 427 g/mol. The van der Waals surface area contributed by atoms with Crippen molar-refractivity contribution in [1.29, 1.82) is 0 Å². The third-order valence-electron chi connectivity index (χ3n) is 5.50. The van der Waals surface area contributed by atoms with Crippen LogP contribution in [0.3, 0.4) is 0 Å². The van der Waals surface area contributed by atoms with Crippen molar-refractivity contribution in [2.24, 2.45) is 0 Å². The topological polar surface area (TPSA) is 93.1 Å². The van der Waals surface area contributed by atoms with Gasteiger partial charge in [-0.3, -0.25) is 10.1 Å². The Kier molecular flexibility index (Phi) is 5.87. The van der Waals surface area contributed by atoms with E-state index in [1.165, 1.54) is 18.6 Å². The van der Waals surface area contributed by atoms with Crippen LogP contribution < -0.4 is 10.0 Å². The summed E-state index contributed by atoms with van der Waals surface area (Å²) in [4.78, 5) is 17.7. The van der Waals surface area contributed by atoms with E-state index in [0.717, 1.165) is 36.7 Å². The Labute approximate surface area is 176 Å². The summed E-state index contributed by atoms with van der Waals surface area (Å²) >= 11 is 0. The molecule has 3 aromatic rings. The van der Waals surface area contributed by atoms with Crippen LogP contribution >= 0.6 is 0 Å². The third kappa shape index (κ3) is 4.11. The number of carbonyl (C=O) groups is 1. The Morgan fingerprint density at radius 2 is 1.87 bits per heavy atom. The lowest BCUT2D eigenvalue weighted by molar-refractivity contribution is 0.102. The molecule has 0 unspecified atom stereocenters. The van der Waals surface area contributed by atoms with E-state index in [1.807, 2.05) is 24.3 Å². The van der Waals surface area contributed by atoms with Gasteiger partial charge in [0.05, 0.1) is 15.9 Å². The van der Waals surface area contributed by atoms with Gasteiger partial charge in [0.2, 0.25) is 16.0 Å². The van der Waals surface area contributed by atoms with Crippen LogP contribution in [-0.2, 0) is 10.0 Å². The molecule has 1 fully saturated rings. The number of amides is 1. The molecule has 0 spiro atoms. The number of para-hydroxylation sites is 2. The lowest BCUT2D eigenvalue weighted by Gasteiger charge is -2.25. The van der Waals surface area contributed by atoms with Gasteiger partial charge in [-0.2, -0.15) is 0 Å². The fraction of sp³-hybridized carbons (Fsp3) is 0.364. The minimum atomic E-state index is -3.64. The fourth-order valence-electron chi connectivity index (χ4n) is 4.09. The first-order valence-corrected chi connectivity index (χ1v) is 11.9. The monoisotopic (exact) mass is 426 g/mol. The average Bonchev–Trinajstić information content (AvgIpc) is 3.12. The van der Waals surface area contributed by atoms with Gasteiger partial charge >= 0.3 is 0 Å². The van der Waals surface area contributed by atoms with E-state index in [4.69, 9.17) is 0 Å². The van der Waals surface area contributed by atoms with E-state index < -0.39 is 10.0 Å². The Morgan fingerprint density at radius 1 is 1.10 bits per heavy atom. The first-order chi connectivity index (χ1) is 14.5. The van der Waals surface area contributed by atoms with Crippen molar-refractivity contribution in [2.75, 3.05) is 11.9 Å². The van der Waals surface area contributed by atoms with Crippen LogP contribution in [-0.4, -0.2) is 30.4 Å². The highest BCUT2D eigenvalue weighted by Gasteiger charge is 2.23. The van der Waals surface area contributed by atoms with Crippen molar-refractivity contribution >= 4 is 32.9 Å². The standard InChI is InChI=1S/C22H26N4O3S/c1-2-23-30(28,29)18-12-8-9-16(15-18)21(27)25-22-24-19-13-6-7-14-20(19)26(22)17-10-4-3-5-11-17/h6-9,12-15,17,23H,2-5,10-11H2,1H3,(H,24,25,27). The molecule has 1 amide bonds. The molecule has 8 heteroatoms. The second kappa shape index (κ2) is 8.57. The lowest BCUT2D eigenvalue weighted by Crippen LogP contribution is -2.24. The highest BCUT2D eigenvalue weighted by atomic mass is 32.2. The number of nitrogens with zero attached hydrogens (tertiary/aromatic N) is 2. The van der Waals surface area contributed by atoms with Gasteiger partial charge in [0.15, 0.2) is 0 Å². The summed E-state index contributed by atoms with van der Waals surface area (Å²) < 4.78 is 29.1. The summed E-state index contributed by atoms with van der Waals surface area (Å²) in [5, 5.41) is 2.92. The predicted octanol–water partition coefficient (Wildman–Crippen LogP) is 4.09. The van der Waals surface area contributed by atoms with Gasteiger partial charge in [0, 0.05) is 18.2 Å². The first kappa shape index (κ1) is 20.6. The van der Waals surface area contributed by atoms with E-state index >= 15 is 0 Å². The molecule has 1 aromatic heterocycles. The van der Waals surface area contributed by atoms with Crippen LogP contribution in [0, 0.1) is 0 Å². The Morgan fingerprint density at radius 3 is 2.63 bits per heavy atom. The molecule has 0 atom stereocenters. The summed E-state index contributed by atoms with van der Waals surface area (Å²) in [5.41, 5.74) is 2.11. The minimum Gasteiger partial charge on any atom is -0.307 e. The molecule has 4 rings (SSSR count). The van der Waals surface area contributed by atoms with Gasteiger partial charge in [-0.25, -0.2) is 18.1 Å². The number of anilines is 1. The number of hydrogen-bond acceptors (Lipinski definition) is 4. The highest BCUT2D eigenvalue weighted by Crippen LogP contribution is 2.34. The highest BCUT2D eigenvalue weighted by molar-refractivity contribution is 7.89. The first-order valence-electron chi connectivity index (χ1n) is 10.4. The minimum absolute atomic E-state index is 0.0674. The number of carbonyl (C=O) groups excluding carboxylic acids is 1. The van der Waals surface area contributed by atoms with Gasteiger partial charge in [0.25, 0.3) is 5.91 Å². The van der Waals surface area contributed by atoms with Gasteiger partial charge in [0.1, 0.15) is 0 Å². The zero-order chi connectivity index (χ0) is 21.1. The maximum Gasteiger partial charge on any atom is 0.258 e. The Balaban J connectivity index is 1.67. The van der Waals surface area contributed by atoms with E-state index in [1.54, 1.807) is 19.1 Å². The molecule has 0 aliphatic heterocycles. The van der Waals surface area contributed by atoms with Gasteiger partial charge in [-0.05, 0) is 43.2 Å². The van der Waals surface area contributed by atoms with Crippen molar-refractivity contribution in [3.63, 3.8) is 0 Å². The van der Waals surface area contributed by atoms with E-state index in [2.05, 4.69) is 19.6 Å². The number of nitrogens with one attached hydrogen (secondary N) is 2. The molecule has 0 saturated heterocycles.